The number of hydrogen-bond donors (Lipinski definition) is 1. The van der Waals surface area contributed by atoms with Crippen molar-refractivity contribution in [2.75, 3.05) is 0 Å². The zero-order chi connectivity index (χ0) is 10.8. The number of aromatic nitrogens is 2. The van der Waals surface area contributed by atoms with Crippen LogP contribution in [0.2, 0.25) is 0 Å². The van der Waals surface area contributed by atoms with E-state index in [4.69, 9.17) is 0 Å². The van der Waals surface area contributed by atoms with E-state index in [-0.39, 0.29) is 5.88 Å². The van der Waals surface area contributed by atoms with E-state index in [1.165, 1.54) is 0 Å². The molecule has 0 bridgehead atoms. The monoisotopic (exact) mass is 202 g/mol. The average molecular weight is 202 g/mol. The number of benzene rings is 1. The molecule has 1 aromatic heterocycles. The summed E-state index contributed by atoms with van der Waals surface area (Å²) in [5.41, 5.74) is 2.92. The van der Waals surface area contributed by atoms with Gasteiger partial charge < -0.3 is 5.11 Å². The topological polar surface area (TPSA) is 38.0 Å². The lowest BCUT2D eigenvalue weighted by atomic mass is 10.2. The number of nitrogens with zero attached hydrogens (tertiary/aromatic N) is 2. The molecule has 0 aliphatic heterocycles. The third kappa shape index (κ3) is 1.73. The molecule has 0 amide bonds. The van der Waals surface area contributed by atoms with E-state index in [1.54, 1.807) is 10.9 Å². The van der Waals surface area contributed by atoms with Crippen LogP contribution in [0, 0.1) is 6.92 Å². The molecule has 1 N–H and O–H groups in total. The van der Waals surface area contributed by atoms with Crippen LogP contribution >= 0.6 is 0 Å². The Balaban J connectivity index is 2.49. The smallest absolute Gasteiger partial charge is 0.217 e. The molecule has 1 aromatic carbocycles. The van der Waals surface area contributed by atoms with Gasteiger partial charge in [-0.1, -0.05) is 19.1 Å². The van der Waals surface area contributed by atoms with Gasteiger partial charge in [-0.2, -0.15) is 5.10 Å². The Morgan fingerprint density at radius 1 is 1.40 bits per heavy atom. The number of aryl methyl sites for hydroxylation is 2. The number of aromatic hydroxyl groups is 1. The second-order valence-electron chi connectivity index (χ2n) is 3.60. The Kier molecular flexibility index (Phi) is 2.46. The first-order valence-corrected chi connectivity index (χ1v) is 5.05. The standard InChI is InChI=1S/C12H14N2O/c1-3-10-8-13-14(12(10)15)11-6-4-5-9(2)7-11/h4-8,15H,3H2,1-2H3. The first-order valence-electron chi connectivity index (χ1n) is 5.05. The quantitative estimate of drug-likeness (QED) is 0.812. The fraction of sp³-hybridized carbons (Fsp3) is 0.250. The zero-order valence-corrected chi connectivity index (χ0v) is 8.94. The summed E-state index contributed by atoms with van der Waals surface area (Å²) in [4.78, 5) is 0. The summed E-state index contributed by atoms with van der Waals surface area (Å²) in [6.07, 6.45) is 2.50. The van der Waals surface area contributed by atoms with Gasteiger partial charge in [0.1, 0.15) is 0 Å². The van der Waals surface area contributed by atoms with Crippen molar-refractivity contribution in [3.63, 3.8) is 0 Å². The predicted octanol–water partition coefficient (Wildman–Crippen LogP) is 2.45. The lowest BCUT2D eigenvalue weighted by Gasteiger charge is -2.04. The van der Waals surface area contributed by atoms with Crippen LogP contribution in [0.25, 0.3) is 5.69 Å². The number of hydrogen-bond acceptors (Lipinski definition) is 2. The molecule has 0 saturated heterocycles. The van der Waals surface area contributed by atoms with E-state index in [0.717, 1.165) is 23.2 Å². The molecule has 2 aromatic rings. The summed E-state index contributed by atoms with van der Waals surface area (Å²) in [7, 11) is 0. The largest absolute Gasteiger partial charge is 0.493 e. The van der Waals surface area contributed by atoms with Crippen molar-refractivity contribution >= 4 is 0 Å². The van der Waals surface area contributed by atoms with Crippen molar-refractivity contribution in [2.45, 2.75) is 20.3 Å². The second-order valence-corrected chi connectivity index (χ2v) is 3.60. The summed E-state index contributed by atoms with van der Waals surface area (Å²) in [5.74, 6) is 0.239. The van der Waals surface area contributed by atoms with E-state index in [1.807, 2.05) is 38.1 Å². The number of rotatable bonds is 2. The highest BCUT2D eigenvalue weighted by Gasteiger charge is 2.08. The van der Waals surface area contributed by atoms with E-state index < -0.39 is 0 Å². The van der Waals surface area contributed by atoms with Crippen LogP contribution in [0.4, 0.5) is 0 Å². The van der Waals surface area contributed by atoms with E-state index in [0.29, 0.717) is 0 Å². The molecule has 78 valence electrons. The first kappa shape index (κ1) is 9.77. The van der Waals surface area contributed by atoms with E-state index >= 15 is 0 Å². The Morgan fingerprint density at radius 3 is 2.80 bits per heavy atom. The van der Waals surface area contributed by atoms with Crippen molar-refractivity contribution in [1.82, 2.24) is 9.78 Å². The predicted molar refractivity (Wildman–Crippen MR) is 59.3 cm³/mol. The highest BCUT2D eigenvalue weighted by atomic mass is 16.3. The lowest BCUT2D eigenvalue weighted by Crippen LogP contribution is -1.95. The molecular weight excluding hydrogens is 188 g/mol. The van der Waals surface area contributed by atoms with Crippen LogP contribution < -0.4 is 0 Å². The van der Waals surface area contributed by atoms with Gasteiger partial charge in [-0.15, -0.1) is 0 Å². The first-order chi connectivity index (χ1) is 7.22. The van der Waals surface area contributed by atoms with Crippen LogP contribution in [0.1, 0.15) is 18.1 Å². The van der Waals surface area contributed by atoms with Gasteiger partial charge in [-0.25, -0.2) is 4.68 Å². The van der Waals surface area contributed by atoms with Crippen LogP contribution in [0.3, 0.4) is 0 Å². The molecule has 0 spiro atoms. The van der Waals surface area contributed by atoms with Gasteiger partial charge in [-0.05, 0) is 31.0 Å². The molecule has 15 heavy (non-hydrogen) atoms. The minimum Gasteiger partial charge on any atom is -0.493 e. The van der Waals surface area contributed by atoms with Crippen LogP contribution in [-0.4, -0.2) is 14.9 Å². The molecule has 3 nitrogen and oxygen atoms in total. The Labute approximate surface area is 89.0 Å². The summed E-state index contributed by atoms with van der Waals surface area (Å²) < 4.78 is 1.56. The molecule has 0 aliphatic rings. The summed E-state index contributed by atoms with van der Waals surface area (Å²) >= 11 is 0. The van der Waals surface area contributed by atoms with Crippen molar-refractivity contribution in [1.29, 1.82) is 0 Å². The maximum absolute atomic E-state index is 9.87. The second kappa shape index (κ2) is 3.77. The fourth-order valence-electron chi connectivity index (χ4n) is 1.57. The SMILES string of the molecule is CCc1cnn(-c2cccc(C)c2)c1O. The van der Waals surface area contributed by atoms with Crippen LogP contribution in [0.5, 0.6) is 5.88 Å². The van der Waals surface area contributed by atoms with Crippen LogP contribution in [-0.2, 0) is 6.42 Å². The van der Waals surface area contributed by atoms with Gasteiger partial charge in [0.2, 0.25) is 5.88 Å². The average Bonchev–Trinajstić information content (AvgIpc) is 2.59. The van der Waals surface area contributed by atoms with Gasteiger partial charge in [0.15, 0.2) is 0 Å². The van der Waals surface area contributed by atoms with E-state index in [2.05, 4.69) is 5.10 Å². The summed E-state index contributed by atoms with van der Waals surface area (Å²) in [6.45, 7) is 4.02. The van der Waals surface area contributed by atoms with Crippen molar-refractivity contribution in [3.05, 3.63) is 41.6 Å². The summed E-state index contributed by atoms with van der Waals surface area (Å²) in [6, 6.07) is 7.90. The molecular formula is C12H14N2O. The third-order valence-corrected chi connectivity index (χ3v) is 2.44. The zero-order valence-electron chi connectivity index (χ0n) is 8.94. The van der Waals surface area contributed by atoms with E-state index in [9.17, 15) is 5.11 Å². The Bertz CT molecular complexity index is 474. The molecule has 0 saturated carbocycles. The van der Waals surface area contributed by atoms with Crippen LogP contribution in [0.15, 0.2) is 30.5 Å². The highest BCUT2D eigenvalue weighted by Crippen LogP contribution is 2.21. The molecule has 0 fully saturated rings. The minimum atomic E-state index is 0.239. The van der Waals surface area contributed by atoms with Gasteiger partial charge in [0.25, 0.3) is 0 Å². The third-order valence-electron chi connectivity index (χ3n) is 2.44. The molecule has 3 heteroatoms. The Hall–Kier alpha value is -1.77. The molecule has 2 rings (SSSR count). The maximum atomic E-state index is 9.87. The molecule has 0 aliphatic carbocycles. The fourth-order valence-corrected chi connectivity index (χ4v) is 1.57. The normalized spacial score (nSPS) is 10.5. The molecule has 0 atom stereocenters. The van der Waals surface area contributed by atoms with Gasteiger partial charge >= 0.3 is 0 Å². The van der Waals surface area contributed by atoms with Gasteiger partial charge in [0, 0.05) is 5.56 Å². The molecule has 0 radical (unpaired) electrons. The molecule has 0 unspecified atom stereocenters. The minimum absolute atomic E-state index is 0.239. The van der Waals surface area contributed by atoms with Crippen molar-refractivity contribution in [2.24, 2.45) is 0 Å². The maximum Gasteiger partial charge on any atom is 0.217 e. The van der Waals surface area contributed by atoms with Crippen molar-refractivity contribution < 1.29 is 5.11 Å². The van der Waals surface area contributed by atoms with Gasteiger partial charge in [-0.3, -0.25) is 0 Å². The summed E-state index contributed by atoms with van der Waals surface area (Å²) in [5, 5.41) is 14.0. The Morgan fingerprint density at radius 2 is 2.20 bits per heavy atom. The lowest BCUT2D eigenvalue weighted by molar-refractivity contribution is 0.428. The molecule has 1 heterocycles. The highest BCUT2D eigenvalue weighted by molar-refractivity contribution is 5.39. The van der Waals surface area contributed by atoms with Crippen molar-refractivity contribution in [3.8, 4) is 11.6 Å². The van der Waals surface area contributed by atoms with Gasteiger partial charge in [0.05, 0.1) is 11.9 Å².